The minimum absolute atomic E-state index is 0.0587. The molecule has 54 heavy (non-hydrogen) atoms. The van der Waals surface area contributed by atoms with Gasteiger partial charge in [-0.1, -0.05) is 68.4 Å². The number of fused-ring (bicyclic) bond motifs is 1. The third kappa shape index (κ3) is 7.46. The number of rotatable bonds is 15. The molecule has 0 saturated carbocycles. The molecule has 284 valence electrons. The summed E-state index contributed by atoms with van der Waals surface area (Å²) in [5.41, 5.74) is -0.640. The highest BCUT2D eigenvalue weighted by molar-refractivity contribution is 5.94. The lowest BCUT2D eigenvalue weighted by Crippen LogP contribution is -2.40. The lowest BCUT2D eigenvalue weighted by molar-refractivity contribution is -0.149. The van der Waals surface area contributed by atoms with Gasteiger partial charge in [-0.25, -0.2) is 4.98 Å². The first-order chi connectivity index (χ1) is 25.8. The number of carboxylic acids is 1. The molecule has 0 spiro atoms. The van der Waals surface area contributed by atoms with Gasteiger partial charge in [-0.15, -0.1) is 0 Å². The highest BCUT2D eigenvalue weighted by Gasteiger charge is 2.42. The molecule has 3 unspecified atom stereocenters. The summed E-state index contributed by atoms with van der Waals surface area (Å²) in [6.45, 7) is 6.93. The molecule has 1 saturated heterocycles. The molecule has 1 aliphatic rings. The number of carbonyl (C=O) groups is 2. The molecule has 1 aliphatic heterocycles. The van der Waals surface area contributed by atoms with Crippen molar-refractivity contribution in [3.05, 3.63) is 112 Å². The number of anilines is 1. The van der Waals surface area contributed by atoms with Crippen molar-refractivity contribution in [1.82, 2.24) is 19.5 Å². The number of methoxy groups -OCH3 is 2. The van der Waals surface area contributed by atoms with Gasteiger partial charge in [0.05, 0.1) is 38.7 Å². The Hall–Kier alpha value is -5.53. The van der Waals surface area contributed by atoms with Crippen LogP contribution in [0, 0.1) is 10.8 Å². The number of benzene rings is 3. The summed E-state index contributed by atoms with van der Waals surface area (Å²) in [4.78, 5) is 50.0. The van der Waals surface area contributed by atoms with Crippen LogP contribution in [0.2, 0.25) is 0 Å². The second kappa shape index (κ2) is 15.4. The molecule has 5 aromatic rings. The second-order valence-electron chi connectivity index (χ2n) is 14.6. The minimum atomic E-state index is -1.14. The number of aromatic amines is 1. The van der Waals surface area contributed by atoms with E-state index >= 15 is 0 Å². The van der Waals surface area contributed by atoms with Crippen LogP contribution in [0.4, 0.5) is 5.95 Å². The van der Waals surface area contributed by atoms with Gasteiger partial charge in [0.2, 0.25) is 11.9 Å². The Labute approximate surface area is 313 Å². The van der Waals surface area contributed by atoms with E-state index in [0.29, 0.717) is 19.3 Å². The Kier molecular flexibility index (Phi) is 10.9. The number of imidazole rings is 1. The Morgan fingerprint density at radius 3 is 2.07 bits per heavy atom. The Balaban J connectivity index is 1.27. The summed E-state index contributed by atoms with van der Waals surface area (Å²) < 4.78 is 26.3. The van der Waals surface area contributed by atoms with E-state index in [-0.39, 0.29) is 36.2 Å². The molecule has 3 aromatic carbocycles. The van der Waals surface area contributed by atoms with E-state index in [9.17, 15) is 19.5 Å². The first-order valence-corrected chi connectivity index (χ1v) is 18.0. The van der Waals surface area contributed by atoms with Crippen LogP contribution in [0.25, 0.3) is 11.2 Å². The van der Waals surface area contributed by atoms with E-state index in [0.717, 1.165) is 28.2 Å². The molecule has 0 aliphatic carbocycles. The Morgan fingerprint density at radius 1 is 0.926 bits per heavy atom. The Bertz CT molecular complexity index is 2100. The topological polar surface area (TPSA) is 167 Å². The summed E-state index contributed by atoms with van der Waals surface area (Å²) in [6.07, 6.45) is 2.40. The molecular weight excluding hydrogens is 690 g/mol. The molecule has 2 aromatic heterocycles. The third-order valence-electron chi connectivity index (χ3n) is 10.5. The van der Waals surface area contributed by atoms with E-state index in [1.54, 1.807) is 39.6 Å². The van der Waals surface area contributed by atoms with Crippen LogP contribution in [-0.2, 0) is 24.7 Å². The fourth-order valence-electron chi connectivity index (χ4n) is 7.18. The van der Waals surface area contributed by atoms with Gasteiger partial charge < -0.3 is 24.1 Å². The van der Waals surface area contributed by atoms with E-state index in [1.807, 2.05) is 85.8 Å². The van der Waals surface area contributed by atoms with E-state index in [1.165, 1.54) is 6.33 Å². The van der Waals surface area contributed by atoms with Crippen LogP contribution in [0.1, 0.15) is 76.3 Å². The molecular formula is C41H47N5O8. The van der Waals surface area contributed by atoms with Gasteiger partial charge in [0.25, 0.3) is 5.56 Å². The monoisotopic (exact) mass is 737 g/mol. The van der Waals surface area contributed by atoms with Crippen molar-refractivity contribution in [2.45, 2.75) is 71.3 Å². The van der Waals surface area contributed by atoms with Crippen molar-refractivity contribution in [1.29, 1.82) is 0 Å². The standard InChI is InChI=1S/C41H47N5O8/c1-7-40(4,24-39(2,3)37(49)50)36(48)45-38-43-34-33(35(47)44-38)42-25-46(34)32-22-21-31(54-32)23-53-41(26-11-9-8-10-12-26,27-13-17-29(51-5)18-14-27)28-15-19-30(52-6)20-16-28/h8-20,25,31-32H,7,21-24H2,1-6H3,(H,49,50)(H2,43,44,45,47,48). The zero-order valence-electron chi connectivity index (χ0n) is 31.4. The fraction of sp³-hybridized carbons (Fsp3) is 0.390. The number of carboxylic acid groups (broad SMARTS) is 1. The average Bonchev–Trinajstić information content (AvgIpc) is 3.83. The summed E-state index contributed by atoms with van der Waals surface area (Å²) in [6, 6.07) is 25.7. The van der Waals surface area contributed by atoms with Crippen LogP contribution < -0.4 is 20.3 Å². The molecule has 0 radical (unpaired) electrons. The third-order valence-corrected chi connectivity index (χ3v) is 10.5. The molecule has 0 bridgehead atoms. The zero-order chi connectivity index (χ0) is 38.7. The van der Waals surface area contributed by atoms with Crippen LogP contribution in [0.15, 0.2) is 90.0 Å². The largest absolute Gasteiger partial charge is 0.497 e. The minimum Gasteiger partial charge on any atom is -0.497 e. The van der Waals surface area contributed by atoms with Crippen molar-refractivity contribution >= 4 is 29.0 Å². The van der Waals surface area contributed by atoms with Gasteiger partial charge in [-0.3, -0.25) is 29.3 Å². The predicted molar refractivity (Wildman–Crippen MR) is 203 cm³/mol. The first kappa shape index (κ1) is 38.2. The number of nitrogens with one attached hydrogen (secondary N) is 2. The van der Waals surface area contributed by atoms with Gasteiger partial charge in [-0.05, 0) is 80.5 Å². The number of hydrogen-bond donors (Lipinski definition) is 3. The number of aromatic nitrogens is 4. The van der Waals surface area contributed by atoms with Crippen molar-refractivity contribution < 1.29 is 33.6 Å². The molecule has 3 atom stereocenters. The second-order valence-corrected chi connectivity index (χ2v) is 14.6. The lowest BCUT2D eigenvalue weighted by Gasteiger charge is -2.37. The number of H-pyrrole nitrogens is 1. The van der Waals surface area contributed by atoms with Gasteiger partial charge in [-0.2, -0.15) is 4.98 Å². The maximum atomic E-state index is 13.5. The molecule has 13 nitrogen and oxygen atoms in total. The van der Waals surface area contributed by atoms with Gasteiger partial charge in [0.1, 0.15) is 23.3 Å². The number of hydrogen-bond acceptors (Lipinski definition) is 9. The van der Waals surface area contributed by atoms with Crippen molar-refractivity contribution in [2.24, 2.45) is 10.8 Å². The maximum absolute atomic E-state index is 13.5. The smallest absolute Gasteiger partial charge is 0.309 e. The van der Waals surface area contributed by atoms with Gasteiger partial charge in [0, 0.05) is 5.41 Å². The molecule has 13 heteroatoms. The van der Waals surface area contributed by atoms with Crippen molar-refractivity contribution in [2.75, 3.05) is 26.1 Å². The van der Waals surface area contributed by atoms with E-state index in [2.05, 4.69) is 20.3 Å². The number of ether oxygens (including phenoxy) is 4. The van der Waals surface area contributed by atoms with Crippen LogP contribution >= 0.6 is 0 Å². The number of amides is 1. The highest BCUT2D eigenvalue weighted by atomic mass is 16.6. The summed E-state index contributed by atoms with van der Waals surface area (Å²) in [5.74, 6) is -0.0583. The van der Waals surface area contributed by atoms with Crippen LogP contribution in [-0.4, -0.2) is 63.4 Å². The fourth-order valence-corrected chi connectivity index (χ4v) is 7.18. The average molecular weight is 738 g/mol. The summed E-state index contributed by atoms with van der Waals surface area (Å²) >= 11 is 0. The lowest BCUT2D eigenvalue weighted by atomic mass is 9.72. The van der Waals surface area contributed by atoms with Crippen LogP contribution in [0.5, 0.6) is 11.5 Å². The van der Waals surface area contributed by atoms with Crippen LogP contribution in [0.3, 0.4) is 0 Å². The zero-order valence-corrected chi connectivity index (χ0v) is 31.4. The molecule has 1 fully saturated rings. The van der Waals surface area contributed by atoms with Gasteiger partial charge in [0.15, 0.2) is 11.2 Å². The molecule has 3 N–H and O–H groups in total. The SMILES string of the molecule is CCC(C)(CC(C)(C)C(=O)O)C(=O)Nc1nc2c(ncn2C2CCC(COC(c3ccccc3)(c3ccc(OC)cc3)c3ccc(OC)cc3)O2)c(=O)[nH]1. The quantitative estimate of drug-likeness (QED) is 0.0987. The van der Waals surface area contributed by atoms with Gasteiger partial charge >= 0.3 is 5.97 Å². The molecule has 3 heterocycles. The molecule has 1 amide bonds. The molecule has 6 rings (SSSR count). The highest BCUT2D eigenvalue weighted by Crippen LogP contribution is 2.43. The Morgan fingerprint density at radius 2 is 1.52 bits per heavy atom. The number of carbonyl (C=O) groups excluding carboxylic acids is 1. The maximum Gasteiger partial charge on any atom is 0.309 e. The first-order valence-electron chi connectivity index (χ1n) is 18.0. The van der Waals surface area contributed by atoms with Crippen molar-refractivity contribution in [3.63, 3.8) is 0 Å². The normalized spacial score (nSPS) is 17.2. The number of aliphatic carboxylic acids is 1. The summed E-state index contributed by atoms with van der Waals surface area (Å²) in [5, 5.41) is 12.4. The van der Waals surface area contributed by atoms with E-state index < -0.39 is 40.1 Å². The van der Waals surface area contributed by atoms with E-state index in [4.69, 9.17) is 18.9 Å². The number of nitrogens with zero attached hydrogens (tertiary/aromatic N) is 3. The predicted octanol–water partition coefficient (Wildman–Crippen LogP) is 6.68. The van der Waals surface area contributed by atoms with Crippen molar-refractivity contribution in [3.8, 4) is 11.5 Å². The summed E-state index contributed by atoms with van der Waals surface area (Å²) in [7, 11) is 3.26.